The summed E-state index contributed by atoms with van der Waals surface area (Å²) in [6.07, 6.45) is 1.06. The van der Waals surface area contributed by atoms with Gasteiger partial charge < -0.3 is 20.1 Å². The highest BCUT2D eigenvalue weighted by Gasteiger charge is 2.25. The van der Waals surface area contributed by atoms with Gasteiger partial charge in [-0.15, -0.1) is 0 Å². The van der Waals surface area contributed by atoms with E-state index in [1.807, 2.05) is 38.1 Å². The average molecular weight is 294 g/mol. The molecule has 0 aliphatic rings. The summed E-state index contributed by atoms with van der Waals surface area (Å²) in [4.78, 5) is 14.3. The van der Waals surface area contributed by atoms with Crippen molar-refractivity contribution in [1.82, 2.24) is 0 Å². The summed E-state index contributed by atoms with van der Waals surface area (Å²) in [6, 6.07) is 7.48. The van der Waals surface area contributed by atoms with Gasteiger partial charge in [0.2, 0.25) is 5.91 Å². The third-order valence-electron chi connectivity index (χ3n) is 3.38. The number of anilines is 1. The van der Waals surface area contributed by atoms with E-state index in [4.69, 9.17) is 15.2 Å². The largest absolute Gasteiger partial charge is 0.497 e. The second-order valence-corrected chi connectivity index (χ2v) is 5.53. The van der Waals surface area contributed by atoms with Crippen LogP contribution in [0, 0.1) is 0 Å². The van der Waals surface area contributed by atoms with E-state index in [0.29, 0.717) is 19.5 Å². The maximum atomic E-state index is 12.6. The van der Waals surface area contributed by atoms with Crippen molar-refractivity contribution in [2.45, 2.75) is 32.3 Å². The molecule has 5 heteroatoms. The van der Waals surface area contributed by atoms with Crippen molar-refractivity contribution >= 4 is 11.6 Å². The molecule has 1 aromatic rings. The number of hydrogen-bond acceptors (Lipinski definition) is 4. The van der Waals surface area contributed by atoms with E-state index in [1.54, 1.807) is 19.1 Å². The molecule has 0 aliphatic carbocycles. The van der Waals surface area contributed by atoms with Crippen molar-refractivity contribution in [3.8, 4) is 5.75 Å². The van der Waals surface area contributed by atoms with Crippen molar-refractivity contribution in [3.63, 3.8) is 0 Å². The molecule has 1 rings (SSSR count). The summed E-state index contributed by atoms with van der Waals surface area (Å²) < 4.78 is 10.6. The van der Waals surface area contributed by atoms with Crippen LogP contribution in [0.25, 0.3) is 0 Å². The van der Waals surface area contributed by atoms with Crippen LogP contribution >= 0.6 is 0 Å². The number of ether oxygens (including phenoxy) is 2. The van der Waals surface area contributed by atoms with E-state index in [-0.39, 0.29) is 5.91 Å². The molecule has 0 fully saturated rings. The monoisotopic (exact) mass is 294 g/mol. The third kappa shape index (κ3) is 5.36. The summed E-state index contributed by atoms with van der Waals surface area (Å²) in [5.74, 6) is 0.743. The van der Waals surface area contributed by atoms with Crippen molar-refractivity contribution in [1.29, 1.82) is 0 Å². The zero-order chi connectivity index (χ0) is 15.9. The molecule has 0 saturated carbocycles. The molecule has 1 aromatic carbocycles. The molecule has 0 bridgehead atoms. The lowest BCUT2D eigenvalue weighted by Gasteiger charge is -2.28. The Balaban J connectivity index is 2.95. The maximum absolute atomic E-state index is 12.6. The highest BCUT2D eigenvalue weighted by molar-refractivity contribution is 5.94. The minimum absolute atomic E-state index is 0.0172. The van der Waals surface area contributed by atoms with Crippen LogP contribution in [0.3, 0.4) is 0 Å². The zero-order valence-electron chi connectivity index (χ0n) is 13.4. The minimum Gasteiger partial charge on any atom is -0.497 e. The number of hydrogen-bond donors (Lipinski definition) is 1. The molecule has 0 aliphatic heterocycles. The van der Waals surface area contributed by atoms with E-state index in [9.17, 15) is 4.79 Å². The van der Waals surface area contributed by atoms with E-state index >= 15 is 0 Å². The Morgan fingerprint density at radius 3 is 2.62 bits per heavy atom. The van der Waals surface area contributed by atoms with Crippen molar-refractivity contribution in [3.05, 3.63) is 24.3 Å². The van der Waals surface area contributed by atoms with Gasteiger partial charge in [0.15, 0.2) is 0 Å². The van der Waals surface area contributed by atoms with Crippen LogP contribution in [0.1, 0.15) is 26.7 Å². The fourth-order valence-corrected chi connectivity index (χ4v) is 1.96. The Morgan fingerprint density at radius 2 is 2.05 bits per heavy atom. The van der Waals surface area contributed by atoms with Gasteiger partial charge in [0.05, 0.1) is 19.1 Å². The van der Waals surface area contributed by atoms with Crippen LogP contribution in [0.15, 0.2) is 24.3 Å². The lowest BCUT2D eigenvalue weighted by molar-refractivity contribution is -0.123. The Bertz CT molecular complexity index is 461. The van der Waals surface area contributed by atoms with Gasteiger partial charge in [0, 0.05) is 25.4 Å². The van der Waals surface area contributed by atoms with Crippen LogP contribution < -0.4 is 15.4 Å². The first-order valence-electron chi connectivity index (χ1n) is 7.13. The van der Waals surface area contributed by atoms with Crippen LogP contribution in [0.2, 0.25) is 0 Å². The molecule has 21 heavy (non-hydrogen) atoms. The van der Waals surface area contributed by atoms with Gasteiger partial charge in [-0.3, -0.25) is 4.79 Å². The molecule has 0 atom stereocenters. The van der Waals surface area contributed by atoms with Gasteiger partial charge in [0.1, 0.15) is 5.75 Å². The predicted octanol–water partition coefficient (Wildman–Crippen LogP) is 2.19. The molecule has 1 amide bonds. The quantitative estimate of drug-likeness (QED) is 0.798. The van der Waals surface area contributed by atoms with E-state index in [2.05, 4.69) is 0 Å². The van der Waals surface area contributed by atoms with E-state index in [0.717, 1.165) is 17.9 Å². The van der Waals surface area contributed by atoms with Crippen molar-refractivity contribution in [2.24, 2.45) is 5.73 Å². The summed E-state index contributed by atoms with van der Waals surface area (Å²) >= 11 is 0. The van der Waals surface area contributed by atoms with Gasteiger partial charge >= 0.3 is 0 Å². The minimum atomic E-state index is -0.489. The van der Waals surface area contributed by atoms with Gasteiger partial charge in [-0.05, 0) is 38.9 Å². The molecule has 118 valence electrons. The van der Waals surface area contributed by atoms with Crippen LogP contribution in [0.5, 0.6) is 5.75 Å². The van der Waals surface area contributed by atoms with Gasteiger partial charge in [-0.2, -0.15) is 0 Å². The number of benzene rings is 1. The zero-order valence-corrected chi connectivity index (χ0v) is 13.4. The molecule has 0 spiro atoms. The second kappa shape index (κ2) is 8.00. The van der Waals surface area contributed by atoms with Crippen LogP contribution in [-0.4, -0.2) is 38.8 Å². The SMILES string of the molecule is COc1cccc(N(CCCN)C(=O)CC(C)(C)OC)c1. The fraction of sp³-hybridized carbons (Fsp3) is 0.562. The van der Waals surface area contributed by atoms with Gasteiger partial charge in [-0.25, -0.2) is 0 Å². The second-order valence-electron chi connectivity index (χ2n) is 5.53. The van der Waals surface area contributed by atoms with Crippen LogP contribution in [0.4, 0.5) is 5.69 Å². The Hall–Kier alpha value is -1.59. The third-order valence-corrected chi connectivity index (χ3v) is 3.38. The molecular weight excluding hydrogens is 268 g/mol. The van der Waals surface area contributed by atoms with E-state index < -0.39 is 5.60 Å². The number of methoxy groups -OCH3 is 2. The molecule has 2 N–H and O–H groups in total. The van der Waals surface area contributed by atoms with Crippen LogP contribution in [-0.2, 0) is 9.53 Å². The Labute approximate surface area is 127 Å². The standard InChI is InChI=1S/C16H26N2O3/c1-16(2,21-4)12-15(19)18(10-6-9-17)13-7-5-8-14(11-13)20-3/h5,7-8,11H,6,9-10,12,17H2,1-4H3. The number of carbonyl (C=O) groups is 1. The van der Waals surface area contributed by atoms with Crippen molar-refractivity contribution in [2.75, 3.05) is 32.2 Å². The topological polar surface area (TPSA) is 64.8 Å². The molecule has 0 unspecified atom stereocenters. The van der Waals surface area contributed by atoms with E-state index in [1.165, 1.54) is 0 Å². The molecule has 0 heterocycles. The fourth-order valence-electron chi connectivity index (χ4n) is 1.96. The first kappa shape index (κ1) is 17.5. The molecule has 0 radical (unpaired) electrons. The molecule has 0 saturated heterocycles. The summed E-state index contributed by atoms with van der Waals surface area (Å²) in [7, 11) is 3.22. The predicted molar refractivity (Wildman–Crippen MR) is 84.7 cm³/mol. The first-order chi connectivity index (χ1) is 9.93. The Morgan fingerprint density at radius 1 is 1.33 bits per heavy atom. The van der Waals surface area contributed by atoms with Gasteiger partial charge in [0.25, 0.3) is 0 Å². The van der Waals surface area contributed by atoms with Gasteiger partial charge in [-0.1, -0.05) is 6.07 Å². The lowest BCUT2D eigenvalue weighted by Crippen LogP contribution is -2.38. The summed E-state index contributed by atoms with van der Waals surface area (Å²) in [6.45, 7) is 4.93. The number of carbonyl (C=O) groups excluding carboxylic acids is 1. The first-order valence-corrected chi connectivity index (χ1v) is 7.13. The average Bonchev–Trinajstić information content (AvgIpc) is 2.47. The highest BCUT2D eigenvalue weighted by Crippen LogP contribution is 2.24. The molecule has 5 nitrogen and oxygen atoms in total. The normalized spacial score (nSPS) is 11.3. The van der Waals surface area contributed by atoms with Crippen molar-refractivity contribution < 1.29 is 14.3 Å². The maximum Gasteiger partial charge on any atom is 0.229 e. The number of rotatable bonds is 8. The Kier molecular flexibility index (Phi) is 6.65. The highest BCUT2D eigenvalue weighted by atomic mass is 16.5. The summed E-state index contributed by atoms with van der Waals surface area (Å²) in [5, 5.41) is 0. The smallest absolute Gasteiger partial charge is 0.229 e. The summed E-state index contributed by atoms with van der Waals surface area (Å²) in [5.41, 5.74) is 5.91. The lowest BCUT2D eigenvalue weighted by atomic mass is 10.0. The number of amides is 1. The number of nitrogens with two attached hydrogens (primary N) is 1. The molecule has 0 aromatic heterocycles. The number of nitrogens with zero attached hydrogens (tertiary/aromatic N) is 1. The molecular formula is C16H26N2O3.